The van der Waals surface area contributed by atoms with Gasteiger partial charge in [-0.2, -0.15) is 0 Å². The maximum Gasteiger partial charge on any atom is 0.338 e. The fourth-order valence-electron chi connectivity index (χ4n) is 5.81. The van der Waals surface area contributed by atoms with Crippen LogP contribution in [0.1, 0.15) is 43.5 Å². The van der Waals surface area contributed by atoms with Crippen LogP contribution in [0.5, 0.6) is 0 Å². The van der Waals surface area contributed by atoms with Crippen LogP contribution in [-0.2, 0) is 19.1 Å². The molecule has 1 heterocycles. The minimum Gasteiger partial charge on any atom is -0.462 e. The quantitative estimate of drug-likeness (QED) is 0.307. The van der Waals surface area contributed by atoms with Crippen molar-refractivity contribution in [3.63, 3.8) is 0 Å². The van der Waals surface area contributed by atoms with Gasteiger partial charge < -0.3 is 10.1 Å². The molecule has 0 unspecified atom stereocenters. The molecule has 3 fully saturated rings. The number of ether oxygens (including phenoxy) is 1. The van der Waals surface area contributed by atoms with E-state index in [-0.39, 0.29) is 35.5 Å². The Morgan fingerprint density at radius 2 is 1.66 bits per heavy atom. The average Bonchev–Trinajstić information content (AvgIpc) is 3.57. The summed E-state index contributed by atoms with van der Waals surface area (Å²) in [6.45, 7) is 4.00. The molecule has 1 aromatic rings. The van der Waals surface area contributed by atoms with Gasteiger partial charge in [-0.15, -0.1) is 0 Å². The lowest BCUT2D eigenvalue weighted by atomic mass is 9.63. The summed E-state index contributed by atoms with van der Waals surface area (Å²) in [6.07, 6.45) is 7.10. The Labute approximate surface area is 187 Å². The van der Waals surface area contributed by atoms with Crippen molar-refractivity contribution in [1.29, 1.82) is 0 Å². The van der Waals surface area contributed by atoms with E-state index in [0.717, 1.165) is 19.3 Å². The smallest absolute Gasteiger partial charge is 0.338 e. The second kappa shape index (κ2) is 7.87. The highest BCUT2D eigenvalue weighted by Crippen LogP contribution is 2.65. The lowest BCUT2D eigenvalue weighted by molar-refractivity contribution is -0.146. The van der Waals surface area contributed by atoms with Crippen molar-refractivity contribution in [2.24, 2.45) is 35.5 Å². The number of anilines is 1. The van der Waals surface area contributed by atoms with E-state index in [4.69, 9.17) is 4.74 Å². The average molecular weight is 437 g/mol. The molecule has 168 valence electrons. The highest BCUT2D eigenvalue weighted by molar-refractivity contribution is 6.10. The predicted molar refractivity (Wildman–Crippen MR) is 116 cm³/mol. The summed E-state index contributed by atoms with van der Waals surface area (Å²) in [7, 11) is 0. The lowest BCUT2D eigenvalue weighted by Gasteiger charge is -2.37. The number of unbranched alkanes of at least 4 members (excludes halogenated alkanes) is 1. The topological polar surface area (TPSA) is 92.8 Å². The third-order valence-corrected chi connectivity index (χ3v) is 7.58. The number of benzene rings is 1. The Hall–Kier alpha value is -2.96. The van der Waals surface area contributed by atoms with Crippen molar-refractivity contribution in [2.45, 2.75) is 39.2 Å². The molecular formula is C25H28N2O5. The van der Waals surface area contributed by atoms with Gasteiger partial charge in [0.1, 0.15) is 6.04 Å². The maximum atomic E-state index is 13.2. The lowest BCUT2D eigenvalue weighted by Crippen LogP contribution is -2.46. The van der Waals surface area contributed by atoms with Crippen molar-refractivity contribution in [2.75, 3.05) is 11.9 Å². The number of hydrogen-bond acceptors (Lipinski definition) is 5. The van der Waals surface area contributed by atoms with Gasteiger partial charge in [0.05, 0.1) is 24.0 Å². The summed E-state index contributed by atoms with van der Waals surface area (Å²) in [5, 5.41) is 2.76. The normalized spacial score (nSPS) is 32.4. The van der Waals surface area contributed by atoms with Gasteiger partial charge in [-0.25, -0.2) is 4.79 Å². The number of hydrogen-bond donors (Lipinski definition) is 1. The van der Waals surface area contributed by atoms with E-state index in [1.807, 2.05) is 6.92 Å². The molecule has 7 heteroatoms. The molecule has 0 radical (unpaired) electrons. The molecule has 1 aliphatic heterocycles. The Balaban J connectivity index is 1.23. The first-order valence-corrected chi connectivity index (χ1v) is 11.6. The third kappa shape index (κ3) is 3.26. The fourth-order valence-corrected chi connectivity index (χ4v) is 5.81. The minimum absolute atomic E-state index is 0.135. The molecule has 5 aliphatic rings. The summed E-state index contributed by atoms with van der Waals surface area (Å²) < 4.78 is 5.19. The first kappa shape index (κ1) is 20.9. The molecule has 1 aromatic carbocycles. The predicted octanol–water partition coefficient (Wildman–Crippen LogP) is 3.02. The number of rotatable bonds is 7. The Morgan fingerprint density at radius 1 is 1.06 bits per heavy atom. The van der Waals surface area contributed by atoms with Gasteiger partial charge in [-0.05, 0) is 67.7 Å². The number of likely N-dealkylation sites (tertiary alicyclic amines) is 1. The largest absolute Gasteiger partial charge is 0.462 e. The van der Waals surface area contributed by atoms with Crippen molar-refractivity contribution in [3.05, 3.63) is 42.0 Å². The first-order chi connectivity index (χ1) is 15.4. The summed E-state index contributed by atoms with van der Waals surface area (Å²) in [4.78, 5) is 52.4. The molecule has 0 spiro atoms. The highest BCUT2D eigenvalue weighted by Gasteiger charge is 2.67. The number of imide groups is 1. The highest BCUT2D eigenvalue weighted by atomic mass is 16.5. The van der Waals surface area contributed by atoms with Crippen LogP contribution in [-0.4, -0.2) is 41.2 Å². The van der Waals surface area contributed by atoms with Gasteiger partial charge >= 0.3 is 5.97 Å². The van der Waals surface area contributed by atoms with Gasteiger partial charge in [0.15, 0.2) is 0 Å². The molecule has 7 nitrogen and oxygen atoms in total. The van der Waals surface area contributed by atoms with E-state index < -0.39 is 17.9 Å². The molecule has 2 bridgehead atoms. The van der Waals surface area contributed by atoms with Crippen LogP contribution < -0.4 is 5.32 Å². The number of esters is 1. The van der Waals surface area contributed by atoms with Crippen LogP contribution in [0.25, 0.3) is 0 Å². The number of carbonyl (C=O) groups is 4. The SMILES string of the molecule is CCCCOC(=O)c1ccc(NC(=O)[C@@H](C)N2C(=O)[C@@H]3[C@@H]4C=C[C@H]([C@H]5C[C@H]45)[C@@H]3C2=O)cc1. The molecule has 1 N–H and O–H groups in total. The summed E-state index contributed by atoms with van der Waals surface area (Å²) in [5.74, 6) is -0.541. The van der Waals surface area contributed by atoms with Gasteiger partial charge in [-0.3, -0.25) is 19.3 Å². The first-order valence-electron chi connectivity index (χ1n) is 11.6. The van der Waals surface area contributed by atoms with E-state index in [9.17, 15) is 19.2 Å². The van der Waals surface area contributed by atoms with Crippen molar-refractivity contribution >= 4 is 29.4 Å². The standard InChI is InChI=1S/C25H28N2O5/c1-3-4-11-32-25(31)14-5-7-15(8-6-14)26-22(28)13(2)27-23(29)20-16-9-10-17(19-12-18(16)19)21(20)24(27)30/h5-10,13,16-21H,3-4,11-12H2,1-2H3,(H,26,28)/t13-,16-,17-,18-,19-,20-,21+/m1/s1. The minimum atomic E-state index is -0.894. The zero-order chi connectivity index (χ0) is 22.6. The van der Waals surface area contributed by atoms with Crippen LogP contribution in [0.2, 0.25) is 0 Å². The zero-order valence-electron chi connectivity index (χ0n) is 18.3. The Bertz CT molecular complexity index is 964. The maximum absolute atomic E-state index is 13.2. The van der Waals surface area contributed by atoms with Crippen LogP contribution in [0.15, 0.2) is 36.4 Å². The van der Waals surface area contributed by atoms with E-state index in [0.29, 0.717) is 29.7 Å². The van der Waals surface area contributed by atoms with Crippen LogP contribution in [0, 0.1) is 35.5 Å². The van der Waals surface area contributed by atoms with Crippen LogP contribution >= 0.6 is 0 Å². The number of amides is 3. The zero-order valence-corrected chi connectivity index (χ0v) is 18.3. The van der Waals surface area contributed by atoms with Gasteiger partial charge in [0, 0.05) is 5.69 Å². The third-order valence-electron chi connectivity index (χ3n) is 7.58. The fraction of sp³-hybridized carbons (Fsp3) is 0.520. The Kier molecular flexibility index (Phi) is 5.14. The Morgan fingerprint density at radius 3 is 2.22 bits per heavy atom. The van der Waals surface area contributed by atoms with Crippen LogP contribution in [0.4, 0.5) is 5.69 Å². The number of allylic oxidation sites excluding steroid dienone is 2. The summed E-state index contributed by atoms with van der Waals surface area (Å²) >= 11 is 0. The number of carbonyl (C=O) groups excluding carboxylic acids is 4. The molecule has 0 aromatic heterocycles. The second-order valence-electron chi connectivity index (χ2n) is 9.43. The van der Waals surface area contributed by atoms with E-state index in [1.165, 1.54) is 4.90 Å². The number of nitrogens with zero attached hydrogens (tertiary/aromatic N) is 1. The van der Waals surface area contributed by atoms with Crippen molar-refractivity contribution in [3.8, 4) is 0 Å². The molecule has 3 amide bonds. The van der Waals surface area contributed by atoms with Crippen molar-refractivity contribution < 1.29 is 23.9 Å². The molecule has 6 rings (SSSR count). The molecule has 32 heavy (non-hydrogen) atoms. The molecular weight excluding hydrogens is 408 g/mol. The van der Waals surface area contributed by atoms with E-state index in [1.54, 1.807) is 31.2 Å². The van der Waals surface area contributed by atoms with Crippen molar-refractivity contribution in [1.82, 2.24) is 4.90 Å². The summed E-state index contributed by atoms with van der Waals surface area (Å²) in [6, 6.07) is 5.52. The van der Waals surface area contributed by atoms with E-state index in [2.05, 4.69) is 17.5 Å². The van der Waals surface area contributed by atoms with Gasteiger partial charge in [-0.1, -0.05) is 25.5 Å². The second-order valence-corrected chi connectivity index (χ2v) is 9.43. The molecule has 1 saturated heterocycles. The van der Waals surface area contributed by atoms with E-state index >= 15 is 0 Å². The summed E-state index contributed by atoms with van der Waals surface area (Å²) in [5.41, 5.74) is 0.897. The molecule has 2 saturated carbocycles. The monoisotopic (exact) mass is 436 g/mol. The molecule has 7 atom stereocenters. The van der Waals surface area contributed by atoms with Gasteiger partial charge in [0.2, 0.25) is 17.7 Å². The van der Waals surface area contributed by atoms with Gasteiger partial charge in [0.25, 0.3) is 0 Å². The number of nitrogens with one attached hydrogen (secondary N) is 1. The molecule has 4 aliphatic carbocycles. The van der Waals surface area contributed by atoms with Crippen LogP contribution in [0.3, 0.4) is 0 Å².